The van der Waals surface area contributed by atoms with Gasteiger partial charge in [-0.2, -0.15) is 0 Å². The van der Waals surface area contributed by atoms with Crippen molar-refractivity contribution in [3.63, 3.8) is 0 Å². The molecule has 1 aromatic heterocycles. The van der Waals surface area contributed by atoms with Gasteiger partial charge < -0.3 is 4.90 Å². The standard InChI is InChI=1S/C13H20ClN3/c1-4-11-5-7-17(8-6-11)13-12(14)15-9(2)10(3)16-13/h11H,4-8H2,1-3H3. The molecule has 94 valence electrons. The van der Waals surface area contributed by atoms with Gasteiger partial charge in [0.05, 0.1) is 11.4 Å². The zero-order chi connectivity index (χ0) is 12.4. The molecule has 0 saturated carbocycles. The second-order valence-corrected chi connectivity index (χ2v) is 5.21. The van der Waals surface area contributed by atoms with Crippen molar-refractivity contribution in [1.82, 2.24) is 9.97 Å². The predicted molar refractivity (Wildman–Crippen MR) is 71.7 cm³/mol. The summed E-state index contributed by atoms with van der Waals surface area (Å²) < 4.78 is 0. The van der Waals surface area contributed by atoms with Gasteiger partial charge in [0, 0.05) is 13.1 Å². The first-order chi connectivity index (χ1) is 8.11. The van der Waals surface area contributed by atoms with Gasteiger partial charge in [0.25, 0.3) is 0 Å². The average molecular weight is 254 g/mol. The molecule has 1 fully saturated rings. The smallest absolute Gasteiger partial charge is 0.171 e. The van der Waals surface area contributed by atoms with Crippen LogP contribution in [-0.2, 0) is 0 Å². The molecule has 0 aliphatic carbocycles. The molecule has 2 heterocycles. The number of hydrogen-bond donors (Lipinski definition) is 0. The van der Waals surface area contributed by atoms with Crippen LogP contribution in [0, 0.1) is 19.8 Å². The molecule has 0 bridgehead atoms. The summed E-state index contributed by atoms with van der Waals surface area (Å²) in [6, 6.07) is 0. The van der Waals surface area contributed by atoms with Crippen molar-refractivity contribution in [1.29, 1.82) is 0 Å². The van der Waals surface area contributed by atoms with Crippen LogP contribution in [0.1, 0.15) is 37.6 Å². The summed E-state index contributed by atoms with van der Waals surface area (Å²) in [6.07, 6.45) is 3.75. The third-order valence-electron chi connectivity index (χ3n) is 3.74. The van der Waals surface area contributed by atoms with Gasteiger partial charge in [-0.05, 0) is 32.6 Å². The summed E-state index contributed by atoms with van der Waals surface area (Å²) in [4.78, 5) is 11.2. The highest BCUT2D eigenvalue weighted by atomic mass is 35.5. The number of nitrogens with zero attached hydrogens (tertiary/aromatic N) is 3. The first-order valence-electron chi connectivity index (χ1n) is 6.37. The summed E-state index contributed by atoms with van der Waals surface area (Å²) in [7, 11) is 0. The largest absolute Gasteiger partial charge is 0.354 e. The molecule has 0 aromatic carbocycles. The Morgan fingerprint density at radius 2 is 1.76 bits per heavy atom. The third kappa shape index (κ3) is 2.71. The summed E-state index contributed by atoms with van der Waals surface area (Å²) in [6.45, 7) is 8.30. The van der Waals surface area contributed by atoms with E-state index in [9.17, 15) is 0 Å². The van der Waals surface area contributed by atoms with Crippen LogP contribution in [0.4, 0.5) is 5.82 Å². The van der Waals surface area contributed by atoms with E-state index in [0.29, 0.717) is 5.15 Å². The Balaban J connectivity index is 2.16. The predicted octanol–water partition coefficient (Wildman–Crippen LogP) is 3.37. The van der Waals surface area contributed by atoms with Crippen LogP contribution < -0.4 is 4.90 Å². The van der Waals surface area contributed by atoms with Crippen molar-refractivity contribution < 1.29 is 0 Å². The van der Waals surface area contributed by atoms with Gasteiger partial charge in [0.1, 0.15) is 0 Å². The van der Waals surface area contributed by atoms with Gasteiger partial charge in [-0.25, -0.2) is 9.97 Å². The monoisotopic (exact) mass is 253 g/mol. The summed E-state index contributed by atoms with van der Waals surface area (Å²) >= 11 is 6.19. The van der Waals surface area contributed by atoms with Crippen molar-refractivity contribution in [3.05, 3.63) is 16.5 Å². The quantitative estimate of drug-likeness (QED) is 0.809. The van der Waals surface area contributed by atoms with E-state index in [1.807, 2.05) is 13.8 Å². The Bertz CT molecular complexity index is 398. The zero-order valence-corrected chi connectivity index (χ0v) is 11.6. The second kappa shape index (κ2) is 5.21. The molecular formula is C13H20ClN3. The molecular weight excluding hydrogens is 234 g/mol. The maximum atomic E-state index is 6.19. The molecule has 2 rings (SSSR count). The molecule has 17 heavy (non-hydrogen) atoms. The highest BCUT2D eigenvalue weighted by Crippen LogP contribution is 2.28. The topological polar surface area (TPSA) is 29.0 Å². The van der Waals surface area contributed by atoms with Crippen molar-refractivity contribution in [2.24, 2.45) is 5.92 Å². The molecule has 0 spiro atoms. The number of aryl methyl sites for hydroxylation is 2. The molecule has 0 N–H and O–H groups in total. The molecule has 1 aliphatic heterocycles. The van der Waals surface area contributed by atoms with E-state index in [0.717, 1.165) is 36.2 Å². The normalized spacial score (nSPS) is 17.5. The number of halogens is 1. The summed E-state index contributed by atoms with van der Waals surface area (Å²) in [5, 5.41) is 0.544. The lowest BCUT2D eigenvalue weighted by Crippen LogP contribution is -2.34. The molecule has 0 atom stereocenters. The second-order valence-electron chi connectivity index (χ2n) is 4.85. The van der Waals surface area contributed by atoms with E-state index in [1.165, 1.54) is 19.3 Å². The number of aromatic nitrogens is 2. The minimum Gasteiger partial charge on any atom is -0.354 e. The number of piperidine rings is 1. The number of hydrogen-bond acceptors (Lipinski definition) is 3. The van der Waals surface area contributed by atoms with Crippen molar-refractivity contribution in [3.8, 4) is 0 Å². The van der Waals surface area contributed by atoms with E-state index < -0.39 is 0 Å². The minimum absolute atomic E-state index is 0.544. The lowest BCUT2D eigenvalue weighted by molar-refractivity contribution is 0.393. The number of anilines is 1. The fraction of sp³-hybridized carbons (Fsp3) is 0.692. The van der Waals surface area contributed by atoms with E-state index in [2.05, 4.69) is 21.8 Å². The van der Waals surface area contributed by atoms with E-state index in [4.69, 9.17) is 11.6 Å². The van der Waals surface area contributed by atoms with Crippen LogP contribution in [0.2, 0.25) is 5.15 Å². The van der Waals surface area contributed by atoms with Crippen molar-refractivity contribution >= 4 is 17.4 Å². The van der Waals surface area contributed by atoms with Crippen molar-refractivity contribution in [2.45, 2.75) is 40.0 Å². The summed E-state index contributed by atoms with van der Waals surface area (Å²) in [5.41, 5.74) is 1.89. The maximum absolute atomic E-state index is 6.19. The van der Waals surface area contributed by atoms with Gasteiger partial charge >= 0.3 is 0 Å². The van der Waals surface area contributed by atoms with E-state index in [-0.39, 0.29) is 0 Å². The fourth-order valence-electron chi connectivity index (χ4n) is 2.32. The molecule has 4 heteroatoms. The Labute approximate surface area is 108 Å². The van der Waals surface area contributed by atoms with E-state index in [1.54, 1.807) is 0 Å². The van der Waals surface area contributed by atoms with Crippen molar-refractivity contribution in [2.75, 3.05) is 18.0 Å². The highest BCUT2D eigenvalue weighted by Gasteiger charge is 2.21. The first-order valence-corrected chi connectivity index (χ1v) is 6.75. The molecule has 0 amide bonds. The maximum Gasteiger partial charge on any atom is 0.171 e. The zero-order valence-electron chi connectivity index (χ0n) is 10.8. The van der Waals surface area contributed by atoms with Crippen LogP contribution in [0.15, 0.2) is 0 Å². The minimum atomic E-state index is 0.544. The fourth-order valence-corrected chi connectivity index (χ4v) is 2.61. The van der Waals surface area contributed by atoms with Crippen LogP contribution in [0.5, 0.6) is 0 Å². The van der Waals surface area contributed by atoms with Gasteiger partial charge in [-0.1, -0.05) is 24.9 Å². The van der Waals surface area contributed by atoms with Gasteiger partial charge in [0.15, 0.2) is 11.0 Å². The van der Waals surface area contributed by atoms with E-state index >= 15 is 0 Å². The van der Waals surface area contributed by atoms with Crippen LogP contribution in [0.3, 0.4) is 0 Å². The molecule has 0 unspecified atom stereocenters. The molecule has 1 aliphatic rings. The Morgan fingerprint density at radius 3 is 2.35 bits per heavy atom. The summed E-state index contributed by atoms with van der Waals surface area (Å²) in [5.74, 6) is 1.73. The Kier molecular flexibility index (Phi) is 3.87. The third-order valence-corrected chi connectivity index (χ3v) is 3.99. The molecule has 0 radical (unpaired) electrons. The van der Waals surface area contributed by atoms with Crippen LogP contribution >= 0.6 is 11.6 Å². The highest BCUT2D eigenvalue weighted by molar-refractivity contribution is 6.31. The molecule has 3 nitrogen and oxygen atoms in total. The lowest BCUT2D eigenvalue weighted by Gasteiger charge is -2.32. The van der Waals surface area contributed by atoms with Gasteiger partial charge in [-0.15, -0.1) is 0 Å². The first kappa shape index (κ1) is 12.6. The van der Waals surface area contributed by atoms with Gasteiger partial charge in [0.2, 0.25) is 0 Å². The lowest BCUT2D eigenvalue weighted by atomic mass is 9.94. The Hall–Kier alpha value is -0.830. The van der Waals surface area contributed by atoms with Crippen LogP contribution in [-0.4, -0.2) is 23.1 Å². The average Bonchev–Trinajstić information content (AvgIpc) is 2.34. The molecule has 1 aromatic rings. The van der Waals surface area contributed by atoms with Gasteiger partial charge in [-0.3, -0.25) is 0 Å². The number of rotatable bonds is 2. The van der Waals surface area contributed by atoms with Crippen LogP contribution in [0.25, 0.3) is 0 Å². The Morgan fingerprint density at radius 1 is 1.18 bits per heavy atom. The SMILES string of the molecule is CCC1CCN(c2nc(C)c(C)nc2Cl)CC1. The molecule has 1 saturated heterocycles.